The number of rotatable bonds is 11. The van der Waals surface area contributed by atoms with Gasteiger partial charge in [-0.2, -0.15) is 5.26 Å². The molecular weight excluding hydrogens is 526 g/mol. The molecule has 0 aromatic carbocycles. The second-order valence-electron chi connectivity index (χ2n) is 13.5. The molecule has 41 heavy (non-hydrogen) atoms. The highest BCUT2D eigenvalue weighted by Gasteiger charge is 2.67. The van der Waals surface area contributed by atoms with E-state index in [1.807, 2.05) is 6.20 Å². The molecule has 3 N–H and O–H groups in total. The maximum atomic E-state index is 13.2. The van der Waals surface area contributed by atoms with Crippen LogP contribution in [0.2, 0.25) is 0 Å². The number of aromatic nitrogens is 3. The molecule has 3 unspecified atom stereocenters. The Morgan fingerprint density at radius 1 is 1.20 bits per heavy atom. The van der Waals surface area contributed by atoms with Gasteiger partial charge >= 0.3 is 6.09 Å². The third-order valence-corrected chi connectivity index (χ3v) is 9.46. The molecule has 4 saturated carbocycles. The Morgan fingerprint density at radius 3 is 2.61 bits per heavy atom. The van der Waals surface area contributed by atoms with Gasteiger partial charge in [-0.05, 0) is 62.2 Å². The van der Waals surface area contributed by atoms with E-state index in [1.54, 1.807) is 4.68 Å². The largest absolute Gasteiger partial charge is 0.439 e. The average Bonchev–Trinajstić information content (AvgIpc) is 3.57. The van der Waals surface area contributed by atoms with Crippen LogP contribution in [0.15, 0.2) is 6.20 Å². The van der Waals surface area contributed by atoms with Crippen LogP contribution in [0.3, 0.4) is 0 Å². The van der Waals surface area contributed by atoms with Crippen LogP contribution in [0.4, 0.5) is 4.79 Å². The van der Waals surface area contributed by atoms with E-state index in [0.717, 1.165) is 44.2 Å². The quantitative estimate of drug-likeness (QED) is 0.380. The van der Waals surface area contributed by atoms with Crippen molar-refractivity contribution in [3.8, 4) is 6.07 Å². The Morgan fingerprint density at radius 2 is 1.95 bits per heavy atom. The van der Waals surface area contributed by atoms with Crippen molar-refractivity contribution in [1.82, 2.24) is 25.2 Å². The van der Waals surface area contributed by atoms with Gasteiger partial charge in [0.1, 0.15) is 6.04 Å². The van der Waals surface area contributed by atoms with Crippen molar-refractivity contribution in [3.63, 3.8) is 0 Å². The van der Waals surface area contributed by atoms with Crippen molar-refractivity contribution in [3.05, 3.63) is 11.9 Å². The molecule has 6 rings (SSSR count). The highest BCUT2D eigenvalue weighted by molar-refractivity contribution is 5.81. The van der Waals surface area contributed by atoms with Gasteiger partial charge in [-0.25, -0.2) is 9.48 Å². The molecule has 1 saturated heterocycles. The molecule has 2 heterocycles. The first-order valence-electron chi connectivity index (χ1n) is 15.0. The van der Waals surface area contributed by atoms with Crippen LogP contribution in [-0.2, 0) is 32.1 Å². The molecule has 5 aliphatic rings. The van der Waals surface area contributed by atoms with Crippen LogP contribution in [0.25, 0.3) is 0 Å². The van der Waals surface area contributed by atoms with Gasteiger partial charge in [0.15, 0.2) is 6.61 Å². The Labute approximate surface area is 242 Å². The van der Waals surface area contributed by atoms with Gasteiger partial charge in [0.25, 0.3) is 5.91 Å². The van der Waals surface area contributed by atoms with Crippen molar-refractivity contribution in [2.45, 2.75) is 96.0 Å². The number of amides is 2. The van der Waals surface area contributed by atoms with Gasteiger partial charge in [-0.3, -0.25) is 4.79 Å². The number of nitrogens with one attached hydrogen (secondary N) is 1. The summed E-state index contributed by atoms with van der Waals surface area (Å²) in [5, 5.41) is 20.6. The SMILES string of the molecule is CC(C)(C)C1C2(NC(=O)OCC(=O)N3CCC[C@H]3C#N)CC3CC(C2)CC1(OCCOCCn1cc(CN)nn1)C3. The van der Waals surface area contributed by atoms with E-state index >= 15 is 0 Å². The third-order valence-electron chi connectivity index (χ3n) is 9.46. The lowest BCUT2D eigenvalue weighted by atomic mass is 9.42. The molecule has 1 aliphatic heterocycles. The van der Waals surface area contributed by atoms with Crippen LogP contribution in [0.5, 0.6) is 0 Å². The van der Waals surface area contributed by atoms with Crippen LogP contribution in [-0.4, -0.2) is 82.0 Å². The number of carbonyl (C=O) groups is 2. The van der Waals surface area contributed by atoms with Gasteiger partial charge in [-0.15, -0.1) is 5.10 Å². The number of ether oxygens (including phenoxy) is 3. The molecule has 1 aromatic rings. The maximum Gasteiger partial charge on any atom is 0.408 e. The molecule has 4 aliphatic carbocycles. The Hall–Kier alpha value is -2.75. The maximum absolute atomic E-state index is 13.2. The first-order valence-corrected chi connectivity index (χ1v) is 15.0. The highest BCUT2D eigenvalue weighted by Crippen LogP contribution is 2.65. The first kappa shape index (κ1) is 29.7. The second kappa shape index (κ2) is 11.9. The molecule has 1 aromatic heterocycles. The summed E-state index contributed by atoms with van der Waals surface area (Å²) in [7, 11) is 0. The van der Waals surface area contributed by atoms with Crippen molar-refractivity contribution >= 4 is 12.0 Å². The summed E-state index contributed by atoms with van der Waals surface area (Å²) in [6.45, 7) is 9.25. The normalized spacial score (nSPS) is 32.2. The number of hydrogen-bond acceptors (Lipinski definition) is 9. The van der Waals surface area contributed by atoms with Crippen molar-refractivity contribution < 1.29 is 23.8 Å². The topological polar surface area (TPSA) is 158 Å². The zero-order valence-corrected chi connectivity index (χ0v) is 24.6. The van der Waals surface area contributed by atoms with E-state index in [9.17, 15) is 14.9 Å². The Bertz CT molecular complexity index is 1130. The minimum Gasteiger partial charge on any atom is -0.439 e. The van der Waals surface area contributed by atoms with Crippen LogP contribution >= 0.6 is 0 Å². The fourth-order valence-corrected chi connectivity index (χ4v) is 8.85. The summed E-state index contributed by atoms with van der Waals surface area (Å²) in [6, 6.07) is 1.73. The van der Waals surface area contributed by atoms with Gasteiger partial charge in [-0.1, -0.05) is 26.0 Å². The van der Waals surface area contributed by atoms with Gasteiger partial charge in [0.2, 0.25) is 0 Å². The summed E-state index contributed by atoms with van der Waals surface area (Å²) in [5.74, 6) is 0.693. The fourth-order valence-electron chi connectivity index (χ4n) is 8.85. The lowest BCUT2D eigenvalue weighted by molar-refractivity contribution is -0.243. The molecule has 2 amide bonds. The summed E-state index contributed by atoms with van der Waals surface area (Å²) < 4.78 is 19.9. The zero-order chi connectivity index (χ0) is 29.3. The molecule has 5 fully saturated rings. The van der Waals surface area contributed by atoms with Crippen molar-refractivity contribution in [1.29, 1.82) is 5.26 Å². The lowest BCUT2D eigenvalue weighted by Crippen LogP contribution is -2.74. The second-order valence-corrected chi connectivity index (χ2v) is 13.5. The first-order chi connectivity index (χ1) is 19.6. The van der Waals surface area contributed by atoms with Crippen LogP contribution in [0.1, 0.15) is 71.4 Å². The molecule has 4 atom stereocenters. The predicted molar refractivity (Wildman–Crippen MR) is 148 cm³/mol. The number of nitrogens with zero attached hydrogens (tertiary/aromatic N) is 5. The van der Waals surface area contributed by atoms with E-state index in [2.05, 4.69) is 42.5 Å². The zero-order valence-electron chi connectivity index (χ0n) is 24.6. The standard InChI is InChI=1S/C29H45N7O5/c1-27(2,3)25-28(32-26(38)40-19-24(37)36-6-4-5-23(36)17-31)12-20-11-21(13-28)15-29(25,14-20)41-10-9-39-8-7-35-18-22(16-30)33-34-35/h18,20-21,23,25H,4-16,19,30H2,1-3H3,(H,32,38)/t20?,21?,23-,25?,28?,29?/m0/s1. The molecule has 0 radical (unpaired) electrons. The van der Waals surface area contributed by atoms with E-state index in [0.29, 0.717) is 57.7 Å². The number of nitrogens with two attached hydrogens (primary N) is 1. The number of carbonyl (C=O) groups excluding carboxylic acids is 2. The Balaban J connectivity index is 1.20. The van der Waals surface area contributed by atoms with Gasteiger partial charge in [0.05, 0.1) is 43.7 Å². The van der Waals surface area contributed by atoms with E-state index < -0.39 is 17.7 Å². The number of hydrogen-bond donors (Lipinski definition) is 2. The molecule has 12 heteroatoms. The van der Waals surface area contributed by atoms with Crippen molar-refractivity contribution in [2.24, 2.45) is 28.9 Å². The summed E-state index contributed by atoms with van der Waals surface area (Å²) in [6.07, 6.45) is 7.61. The highest BCUT2D eigenvalue weighted by atomic mass is 16.6. The lowest BCUT2D eigenvalue weighted by Gasteiger charge is -2.68. The number of alkyl carbamates (subject to hydrolysis) is 1. The summed E-state index contributed by atoms with van der Waals surface area (Å²) in [5.41, 5.74) is 5.40. The van der Waals surface area contributed by atoms with E-state index in [1.165, 1.54) is 4.90 Å². The smallest absolute Gasteiger partial charge is 0.408 e. The third kappa shape index (κ3) is 6.22. The average molecular weight is 572 g/mol. The van der Waals surface area contributed by atoms with Gasteiger partial charge < -0.3 is 30.2 Å². The van der Waals surface area contributed by atoms with Crippen molar-refractivity contribution in [2.75, 3.05) is 33.0 Å². The molecule has 4 bridgehead atoms. The molecular formula is C29H45N7O5. The van der Waals surface area contributed by atoms with Gasteiger partial charge in [0, 0.05) is 30.7 Å². The molecule has 0 spiro atoms. The molecule has 12 nitrogen and oxygen atoms in total. The minimum absolute atomic E-state index is 0.0740. The monoisotopic (exact) mass is 571 g/mol. The molecule has 226 valence electrons. The number of likely N-dealkylation sites (tertiary alicyclic amines) is 1. The van der Waals surface area contributed by atoms with E-state index in [4.69, 9.17) is 19.9 Å². The summed E-state index contributed by atoms with van der Waals surface area (Å²) >= 11 is 0. The Kier molecular flexibility index (Phi) is 8.60. The fraction of sp³-hybridized carbons (Fsp3) is 0.828. The number of nitriles is 1. The van der Waals surface area contributed by atoms with Crippen LogP contribution in [0, 0.1) is 34.5 Å². The predicted octanol–water partition coefficient (Wildman–Crippen LogP) is 2.37. The summed E-state index contributed by atoms with van der Waals surface area (Å²) in [4.78, 5) is 27.4. The van der Waals surface area contributed by atoms with E-state index in [-0.39, 0.29) is 29.4 Å². The minimum atomic E-state index is -0.563. The van der Waals surface area contributed by atoms with Crippen LogP contribution < -0.4 is 11.1 Å².